The van der Waals surface area contributed by atoms with E-state index < -0.39 is 41.4 Å². The first kappa shape index (κ1) is 69.0. The third-order valence-corrected chi connectivity index (χ3v) is 13.6. The molecule has 3 N–H and O–H groups in total. The molecule has 0 aliphatic rings. The zero-order valence-corrected chi connectivity index (χ0v) is 51.9. The van der Waals surface area contributed by atoms with Crippen LogP contribution in [0, 0.1) is 12.3 Å². The molecule has 2 aromatic heterocycles. The topological polar surface area (TPSA) is 253 Å². The van der Waals surface area contributed by atoms with Gasteiger partial charge < -0.3 is 29.6 Å². The van der Waals surface area contributed by atoms with E-state index in [0.717, 1.165) is 24.8 Å². The van der Waals surface area contributed by atoms with Gasteiger partial charge in [0.1, 0.15) is 28.0 Å². The number of halogens is 2. The first-order chi connectivity index (χ1) is 41.7. The van der Waals surface area contributed by atoms with Gasteiger partial charge in [0, 0.05) is 18.8 Å². The predicted octanol–water partition coefficient (Wildman–Crippen LogP) is 14.7. The SMILES string of the molecule is CC(=O)Oc1ccccc1.CCCCCCCCCCCCOC(=O)C(C)OC(=O)c1ccc(Cl)c(NC(=O)CC)c1.Cc1ccc(Cl)c(NC(=O)C(C(=O)C(C)(C)C)n2nnc3ccccc32)c1.O=C(Oc1ccccc1)c1ccc2n[nH]nc2c1. The van der Waals surface area contributed by atoms with Crippen molar-refractivity contribution in [2.75, 3.05) is 17.2 Å². The number of ketones is 1. The number of rotatable bonds is 23. The molecular formula is C66H76Cl2N8O11. The van der Waals surface area contributed by atoms with Crippen molar-refractivity contribution in [3.05, 3.63) is 166 Å². The van der Waals surface area contributed by atoms with Gasteiger partial charge in [-0.25, -0.2) is 19.1 Å². The number of fused-ring (bicyclic) bond motifs is 2. The second kappa shape index (κ2) is 35.6. The highest BCUT2D eigenvalue weighted by Gasteiger charge is 2.38. The fraction of sp³-hybridized carbons (Fsp3) is 0.348. The molecule has 19 nitrogen and oxygen atoms in total. The smallest absolute Gasteiger partial charge is 0.347 e. The number of carbonyl (C=O) groups excluding carboxylic acids is 7. The number of aromatic amines is 1. The van der Waals surface area contributed by atoms with Crippen LogP contribution in [0.3, 0.4) is 0 Å². The number of ether oxygens (including phenoxy) is 4. The van der Waals surface area contributed by atoms with Gasteiger partial charge >= 0.3 is 23.9 Å². The number of aromatic nitrogens is 6. The molecule has 6 aromatic carbocycles. The van der Waals surface area contributed by atoms with Crippen LogP contribution in [0.25, 0.3) is 22.1 Å². The van der Waals surface area contributed by atoms with E-state index in [1.807, 2.05) is 61.5 Å². The molecule has 8 rings (SSSR count). The van der Waals surface area contributed by atoms with Gasteiger partial charge in [-0.2, -0.15) is 15.4 Å². The highest BCUT2D eigenvalue weighted by atomic mass is 35.5. The number of hydrogen-bond acceptors (Lipinski definition) is 15. The molecule has 2 amide bonds. The van der Waals surface area contributed by atoms with E-state index in [9.17, 15) is 33.6 Å². The number of anilines is 2. The molecule has 0 bridgehead atoms. The number of aryl methyl sites for hydroxylation is 1. The fourth-order valence-electron chi connectivity index (χ4n) is 8.18. The van der Waals surface area contributed by atoms with Crippen LogP contribution in [0.2, 0.25) is 10.0 Å². The van der Waals surface area contributed by atoms with Crippen LogP contribution >= 0.6 is 23.2 Å². The molecule has 0 saturated heterocycles. The van der Waals surface area contributed by atoms with Crippen molar-refractivity contribution in [1.82, 2.24) is 30.4 Å². The lowest BCUT2D eigenvalue weighted by atomic mass is 9.86. The van der Waals surface area contributed by atoms with Gasteiger partial charge in [-0.1, -0.05) is 175 Å². The van der Waals surface area contributed by atoms with Crippen molar-refractivity contribution >= 4 is 98.1 Å². The van der Waals surface area contributed by atoms with E-state index in [1.165, 1.54) is 81.7 Å². The number of nitrogens with one attached hydrogen (secondary N) is 3. The number of amides is 2. The summed E-state index contributed by atoms with van der Waals surface area (Å²) in [5, 5.41) is 24.6. The van der Waals surface area contributed by atoms with E-state index in [4.69, 9.17) is 42.1 Å². The zero-order chi connectivity index (χ0) is 63.3. The summed E-state index contributed by atoms with van der Waals surface area (Å²) in [6.45, 7) is 14.3. The number of unbranched alkanes of at least 4 members (excludes halogenated alkanes) is 9. The number of benzene rings is 6. The molecule has 0 saturated carbocycles. The molecule has 0 radical (unpaired) electrons. The summed E-state index contributed by atoms with van der Waals surface area (Å²) in [5.41, 5.74) is 4.20. The molecule has 8 aromatic rings. The van der Waals surface area contributed by atoms with Gasteiger partial charge in [-0.3, -0.25) is 19.2 Å². The number of carbonyl (C=O) groups is 7. The van der Waals surface area contributed by atoms with Gasteiger partial charge in [0.2, 0.25) is 5.91 Å². The second-order valence-corrected chi connectivity index (χ2v) is 22.0. The molecule has 2 unspecified atom stereocenters. The van der Waals surface area contributed by atoms with E-state index in [2.05, 4.69) is 43.3 Å². The molecule has 0 fully saturated rings. The lowest BCUT2D eigenvalue weighted by Gasteiger charge is -2.24. The van der Waals surface area contributed by atoms with Crippen LogP contribution in [0.5, 0.6) is 11.5 Å². The van der Waals surface area contributed by atoms with Crippen LogP contribution in [-0.4, -0.2) is 84.6 Å². The van der Waals surface area contributed by atoms with Crippen LogP contribution in [0.1, 0.15) is 151 Å². The van der Waals surface area contributed by atoms with Crippen molar-refractivity contribution < 1.29 is 52.5 Å². The number of esters is 4. The summed E-state index contributed by atoms with van der Waals surface area (Å²) in [5.74, 6) is -1.83. The Morgan fingerprint density at radius 3 is 1.78 bits per heavy atom. The van der Waals surface area contributed by atoms with Crippen molar-refractivity contribution in [3.8, 4) is 11.5 Å². The highest BCUT2D eigenvalue weighted by Crippen LogP contribution is 2.30. The van der Waals surface area contributed by atoms with Gasteiger partial charge in [0.25, 0.3) is 5.91 Å². The van der Waals surface area contributed by atoms with Gasteiger partial charge in [0.15, 0.2) is 17.9 Å². The first-order valence-corrected chi connectivity index (χ1v) is 29.6. The zero-order valence-electron chi connectivity index (χ0n) is 50.4. The van der Waals surface area contributed by atoms with E-state index in [-0.39, 0.29) is 29.6 Å². The monoisotopic (exact) mass is 1230 g/mol. The van der Waals surface area contributed by atoms with Crippen molar-refractivity contribution in [2.24, 2.45) is 5.41 Å². The summed E-state index contributed by atoms with van der Waals surface area (Å²) in [6, 6.07) is 38.7. The van der Waals surface area contributed by atoms with E-state index in [1.54, 1.807) is 94.4 Å². The fourth-order valence-corrected chi connectivity index (χ4v) is 8.51. The number of para-hydroxylation sites is 3. The Morgan fingerprint density at radius 2 is 1.16 bits per heavy atom. The normalized spacial score (nSPS) is 11.4. The maximum atomic E-state index is 13.1. The summed E-state index contributed by atoms with van der Waals surface area (Å²) >= 11 is 12.3. The van der Waals surface area contributed by atoms with Crippen molar-refractivity contribution in [1.29, 1.82) is 0 Å². The van der Waals surface area contributed by atoms with Gasteiger partial charge in [0.05, 0.1) is 44.7 Å². The Balaban J connectivity index is 0.000000225. The Labute approximate surface area is 517 Å². The summed E-state index contributed by atoms with van der Waals surface area (Å²) in [7, 11) is 0. The van der Waals surface area contributed by atoms with Gasteiger partial charge in [-0.15, -0.1) is 5.10 Å². The third kappa shape index (κ3) is 23.2. The lowest BCUT2D eigenvalue weighted by molar-refractivity contribution is -0.153. The minimum atomic E-state index is -1.16. The molecule has 0 spiro atoms. The first-order valence-electron chi connectivity index (χ1n) is 28.9. The summed E-state index contributed by atoms with van der Waals surface area (Å²) in [4.78, 5) is 84.6. The Morgan fingerprint density at radius 1 is 0.609 bits per heavy atom. The molecule has 2 atom stereocenters. The second-order valence-electron chi connectivity index (χ2n) is 21.1. The van der Waals surface area contributed by atoms with Crippen LogP contribution in [-0.2, 0) is 33.4 Å². The number of nitrogens with zero attached hydrogens (tertiary/aromatic N) is 5. The minimum absolute atomic E-state index is 0.190. The number of hydrogen-bond donors (Lipinski definition) is 3. The predicted molar refractivity (Wildman–Crippen MR) is 337 cm³/mol. The molecule has 21 heteroatoms. The standard InChI is InChI=1S/C25H38ClNO5.C20H21ClN4O2.C13H9N3O2.C8H8O2/c1-4-6-7-8-9-10-11-12-13-14-17-31-24(29)19(3)32-25(30)20-15-16-21(26)22(18-20)27-23(28)5-2;1-12-9-10-13(21)15(11-12)22-19(27)17(18(26)20(2,3)4)25-16-8-6-5-7-14(16)23-24-25;17-13(18-10-4-2-1-3-5-10)9-6-7-11-12(8-9)15-16-14-11;1-7(9)10-8-5-3-2-4-6-8/h15-16,18-19H,4-14,17H2,1-3H3,(H,27,28);5-11,17H,1-4H3,(H,22,27);1-8H,(H,14,15,16);2-6H,1H3. The maximum absolute atomic E-state index is 13.1. The van der Waals surface area contributed by atoms with Crippen LogP contribution in [0.4, 0.5) is 11.4 Å². The maximum Gasteiger partial charge on any atom is 0.347 e. The summed E-state index contributed by atoms with van der Waals surface area (Å²) in [6.07, 6.45) is 11.3. The van der Waals surface area contributed by atoms with Gasteiger partial charge in [-0.05, 0) is 111 Å². The van der Waals surface area contributed by atoms with E-state index >= 15 is 0 Å². The lowest BCUT2D eigenvalue weighted by Crippen LogP contribution is -2.39. The molecule has 0 aliphatic carbocycles. The summed E-state index contributed by atoms with van der Waals surface area (Å²) < 4.78 is 21.8. The molecule has 87 heavy (non-hydrogen) atoms. The molecule has 460 valence electrons. The molecule has 2 heterocycles. The van der Waals surface area contributed by atoms with Crippen LogP contribution in [0.15, 0.2) is 140 Å². The Kier molecular flexibility index (Phi) is 28.2. The number of Topliss-reactive ketones (excluding diaryl/α,β-unsaturated/α-hetero) is 1. The molecule has 0 aliphatic heterocycles. The average molecular weight is 1230 g/mol. The van der Waals surface area contributed by atoms with Crippen LogP contribution < -0.4 is 20.1 Å². The quantitative estimate of drug-likeness (QED) is 0.0233. The van der Waals surface area contributed by atoms with E-state index in [0.29, 0.717) is 67.2 Å². The number of H-pyrrole nitrogens is 1. The largest absolute Gasteiger partial charge is 0.463 e. The highest BCUT2D eigenvalue weighted by molar-refractivity contribution is 6.34. The minimum Gasteiger partial charge on any atom is -0.463 e. The van der Waals surface area contributed by atoms with Crippen molar-refractivity contribution in [2.45, 2.75) is 138 Å². The molecular weight excluding hydrogens is 1150 g/mol. The Bertz CT molecular complexity index is 3530. The average Bonchev–Trinajstić information content (AvgIpc) is 1.92. The Hall–Kier alpha value is -8.81. The third-order valence-electron chi connectivity index (χ3n) is 12.9. The van der Waals surface area contributed by atoms with Crippen molar-refractivity contribution in [3.63, 3.8) is 0 Å².